The number of carboxylic acids is 1. The Labute approximate surface area is 259 Å². The zero-order chi connectivity index (χ0) is 31.9. The maximum absolute atomic E-state index is 12.8. The molecule has 1 fully saturated rings. The molecule has 2 aliphatic rings. The summed E-state index contributed by atoms with van der Waals surface area (Å²) in [5, 5.41) is 11.5. The topological polar surface area (TPSA) is 151 Å². The number of hydrogen-bond donors (Lipinski definition) is 3. The van der Waals surface area contributed by atoms with Crippen LogP contribution >= 0.6 is 0 Å². The van der Waals surface area contributed by atoms with Gasteiger partial charge in [0.15, 0.2) is 0 Å². The third kappa shape index (κ3) is 9.02. The molecule has 12 heteroatoms. The van der Waals surface area contributed by atoms with Crippen LogP contribution in [0.2, 0.25) is 0 Å². The lowest BCUT2D eigenvalue weighted by molar-refractivity contribution is -0.156. The largest absolute Gasteiger partial charge is 0.480 e. The molecule has 240 valence electrons. The van der Waals surface area contributed by atoms with Gasteiger partial charge in [-0.25, -0.2) is 22.7 Å². The number of hydrogen-bond acceptors (Lipinski definition) is 8. The second-order valence-electron chi connectivity index (χ2n) is 12.4. The van der Waals surface area contributed by atoms with Gasteiger partial charge in [-0.3, -0.25) is 9.69 Å². The van der Waals surface area contributed by atoms with Crippen molar-refractivity contribution in [3.8, 4) is 11.1 Å². The summed E-state index contributed by atoms with van der Waals surface area (Å²) in [6.07, 6.45) is 0.930. The molecule has 11 nitrogen and oxygen atoms in total. The molecule has 44 heavy (non-hydrogen) atoms. The summed E-state index contributed by atoms with van der Waals surface area (Å²) in [5.41, 5.74) is 3.75. The van der Waals surface area contributed by atoms with Crippen LogP contribution in [0.25, 0.3) is 11.1 Å². The van der Waals surface area contributed by atoms with E-state index in [0.29, 0.717) is 38.8 Å². The molecule has 4 rings (SSSR count). The molecule has 1 aliphatic carbocycles. The molecule has 0 bridgehead atoms. The second-order valence-corrected chi connectivity index (χ2v) is 14.4. The van der Waals surface area contributed by atoms with Crippen molar-refractivity contribution in [3.63, 3.8) is 0 Å². The van der Waals surface area contributed by atoms with Crippen LogP contribution in [0.3, 0.4) is 0 Å². The molecule has 1 aliphatic heterocycles. The maximum Gasteiger partial charge on any atom is 0.407 e. The Kier molecular flexibility index (Phi) is 11.0. The molecule has 1 atom stereocenters. The van der Waals surface area contributed by atoms with E-state index in [1.54, 1.807) is 20.8 Å². The molecule has 2 aromatic carbocycles. The van der Waals surface area contributed by atoms with Crippen molar-refractivity contribution in [2.45, 2.75) is 75.7 Å². The summed E-state index contributed by atoms with van der Waals surface area (Å²) >= 11 is 0. The fourth-order valence-corrected chi connectivity index (χ4v) is 7.28. The summed E-state index contributed by atoms with van der Waals surface area (Å²) in [4.78, 5) is 38.3. The number of alkyl carbamates (subject to hydrolysis) is 1. The van der Waals surface area contributed by atoms with Gasteiger partial charge in [-0.15, -0.1) is 0 Å². The molecule has 0 radical (unpaired) electrons. The molecular formula is C32H43N3O8S. The molecule has 2 aromatic rings. The van der Waals surface area contributed by atoms with Gasteiger partial charge in [-0.1, -0.05) is 48.5 Å². The molecule has 1 amide bonds. The molecular weight excluding hydrogens is 586 g/mol. The van der Waals surface area contributed by atoms with Crippen LogP contribution in [0.4, 0.5) is 4.79 Å². The molecule has 1 heterocycles. The molecule has 0 spiro atoms. The van der Waals surface area contributed by atoms with Gasteiger partial charge in [-0.05, 0) is 75.1 Å². The summed E-state index contributed by atoms with van der Waals surface area (Å²) in [6.45, 7) is 6.74. The second kappa shape index (κ2) is 14.5. The van der Waals surface area contributed by atoms with Crippen molar-refractivity contribution < 1.29 is 37.4 Å². The van der Waals surface area contributed by atoms with E-state index in [-0.39, 0.29) is 38.0 Å². The zero-order valence-corrected chi connectivity index (χ0v) is 26.4. The average molecular weight is 630 g/mol. The third-order valence-electron chi connectivity index (χ3n) is 7.90. The van der Waals surface area contributed by atoms with Crippen molar-refractivity contribution in [1.29, 1.82) is 0 Å². The van der Waals surface area contributed by atoms with Crippen molar-refractivity contribution in [3.05, 3.63) is 59.7 Å². The number of sulfonamides is 1. The number of benzene rings is 2. The molecule has 1 saturated heterocycles. The number of unbranched alkanes of at least 4 members (excludes halogenated alkanes) is 1. The van der Waals surface area contributed by atoms with Crippen LogP contribution in [-0.2, 0) is 29.1 Å². The van der Waals surface area contributed by atoms with Gasteiger partial charge in [0, 0.05) is 25.6 Å². The Hall–Kier alpha value is -3.48. The lowest BCUT2D eigenvalue weighted by Crippen LogP contribution is -2.45. The van der Waals surface area contributed by atoms with Crippen LogP contribution in [0.5, 0.6) is 0 Å². The summed E-state index contributed by atoms with van der Waals surface area (Å²) < 4.78 is 39.0. The molecule has 0 aromatic heterocycles. The monoisotopic (exact) mass is 629 g/mol. The predicted octanol–water partition coefficient (Wildman–Crippen LogP) is 3.87. The van der Waals surface area contributed by atoms with Crippen molar-refractivity contribution in [2.75, 3.05) is 32.8 Å². The van der Waals surface area contributed by atoms with E-state index >= 15 is 0 Å². The maximum atomic E-state index is 12.8. The van der Waals surface area contributed by atoms with Crippen LogP contribution in [-0.4, -0.2) is 86.1 Å². The first kappa shape index (κ1) is 33.4. The lowest BCUT2D eigenvalue weighted by Gasteiger charge is -2.31. The van der Waals surface area contributed by atoms with E-state index in [2.05, 4.69) is 10.0 Å². The first-order valence-corrected chi connectivity index (χ1v) is 16.7. The predicted molar refractivity (Wildman–Crippen MR) is 166 cm³/mol. The zero-order valence-electron chi connectivity index (χ0n) is 25.6. The first-order valence-electron chi connectivity index (χ1n) is 15.1. The summed E-state index contributed by atoms with van der Waals surface area (Å²) in [5.74, 6) is -1.65. The number of nitrogens with zero attached hydrogens (tertiary/aromatic N) is 1. The van der Waals surface area contributed by atoms with Gasteiger partial charge in [0.25, 0.3) is 0 Å². The minimum absolute atomic E-state index is 0.0773. The highest BCUT2D eigenvalue weighted by Gasteiger charge is 2.32. The van der Waals surface area contributed by atoms with Crippen LogP contribution in [0.1, 0.15) is 69.9 Å². The Morgan fingerprint density at radius 3 is 2.14 bits per heavy atom. The van der Waals surface area contributed by atoms with Gasteiger partial charge in [0.2, 0.25) is 10.0 Å². The number of rotatable bonds is 13. The standard InChI is InChI=1S/C32H43N3O8S/c1-32(2,3)43-29(36)20-35-18-15-22(16-19-35)44(40,41)33-17-9-8-14-28(30(37)38)34-31(39)42-21-27-25-12-6-4-10-23(25)24-11-5-7-13-26(24)27/h4-7,10-13,22,27-28,33H,8-9,14-21H2,1-3H3,(H,34,39)(H,37,38)/t28-/m0/s1. The minimum atomic E-state index is -3.56. The first-order chi connectivity index (χ1) is 20.8. The van der Waals surface area contributed by atoms with Crippen LogP contribution in [0, 0.1) is 0 Å². The van der Waals surface area contributed by atoms with E-state index in [1.165, 1.54) is 0 Å². The number of piperidine rings is 1. The number of carboxylic acid groups (broad SMARTS) is 1. The number of fused-ring (bicyclic) bond motifs is 3. The number of ether oxygens (including phenoxy) is 2. The quantitative estimate of drug-likeness (QED) is 0.222. The highest BCUT2D eigenvalue weighted by Crippen LogP contribution is 2.44. The van der Waals surface area contributed by atoms with Crippen molar-refractivity contribution in [1.82, 2.24) is 14.9 Å². The number of likely N-dealkylation sites (tertiary alicyclic amines) is 1. The SMILES string of the molecule is CC(C)(C)OC(=O)CN1CCC(S(=O)(=O)NCCCC[C@H](NC(=O)OCC2c3ccccc3-c3ccccc32)C(=O)O)CC1. The molecule has 3 N–H and O–H groups in total. The lowest BCUT2D eigenvalue weighted by atomic mass is 9.98. The smallest absolute Gasteiger partial charge is 0.407 e. The Morgan fingerprint density at radius 1 is 0.977 bits per heavy atom. The number of amides is 1. The van der Waals surface area contributed by atoms with Gasteiger partial charge >= 0.3 is 18.0 Å². The summed E-state index contributed by atoms with van der Waals surface area (Å²) in [6, 6.07) is 14.7. The average Bonchev–Trinajstić information content (AvgIpc) is 3.28. The fraction of sp³-hybridized carbons (Fsp3) is 0.531. The number of nitrogens with one attached hydrogen (secondary N) is 2. The van der Waals surface area contributed by atoms with Crippen LogP contribution in [0.15, 0.2) is 48.5 Å². The Bertz CT molecular complexity index is 1390. The van der Waals surface area contributed by atoms with Gasteiger partial charge in [0.1, 0.15) is 18.2 Å². The van der Waals surface area contributed by atoms with E-state index in [1.807, 2.05) is 53.4 Å². The number of carbonyl (C=O) groups is 3. The van der Waals surface area contributed by atoms with Crippen LogP contribution < -0.4 is 10.0 Å². The van der Waals surface area contributed by atoms with Gasteiger partial charge < -0.3 is 19.9 Å². The summed E-state index contributed by atoms with van der Waals surface area (Å²) in [7, 11) is -3.56. The Morgan fingerprint density at radius 2 is 1.57 bits per heavy atom. The molecule has 0 unspecified atom stereocenters. The molecule has 0 saturated carbocycles. The van der Waals surface area contributed by atoms with Gasteiger partial charge in [-0.2, -0.15) is 0 Å². The van der Waals surface area contributed by atoms with E-state index < -0.39 is 39.0 Å². The van der Waals surface area contributed by atoms with Crippen molar-refractivity contribution >= 4 is 28.1 Å². The van der Waals surface area contributed by atoms with E-state index in [4.69, 9.17) is 9.47 Å². The highest BCUT2D eigenvalue weighted by molar-refractivity contribution is 7.90. The normalized spacial score (nSPS) is 16.5. The highest BCUT2D eigenvalue weighted by atomic mass is 32.2. The van der Waals surface area contributed by atoms with E-state index in [9.17, 15) is 27.9 Å². The number of esters is 1. The third-order valence-corrected chi connectivity index (χ3v) is 9.86. The number of aliphatic carboxylic acids is 1. The Balaban J connectivity index is 1.16. The number of carbonyl (C=O) groups excluding carboxylic acids is 2. The van der Waals surface area contributed by atoms with Gasteiger partial charge in [0.05, 0.1) is 11.8 Å². The minimum Gasteiger partial charge on any atom is -0.480 e. The van der Waals surface area contributed by atoms with Crippen molar-refractivity contribution in [2.24, 2.45) is 0 Å². The van der Waals surface area contributed by atoms with E-state index in [0.717, 1.165) is 22.3 Å². The fourth-order valence-electron chi connectivity index (χ4n) is 5.78.